The molecule has 0 atom stereocenters. The smallest absolute Gasteiger partial charge is 0.0497 e. The molecule has 3 aliphatic rings. The van der Waals surface area contributed by atoms with Crippen LogP contribution in [0.5, 0.6) is 0 Å². The molecule has 0 amide bonds. The van der Waals surface area contributed by atoms with Crippen molar-refractivity contribution in [1.29, 1.82) is 0 Å². The third-order valence-corrected chi connectivity index (χ3v) is 5.83. The van der Waals surface area contributed by atoms with Crippen LogP contribution in [0.1, 0.15) is 22.6 Å². The van der Waals surface area contributed by atoms with Gasteiger partial charge in [-0.1, -0.05) is 76.6 Å². The maximum Gasteiger partial charge on any atom is 0.0497 e. The molecular formula is C22H16BrN. The highest BCUT2D eigenvalue weighted by Crippen LogP contribution is 2.47. The molecule has 0 unspecified atom stereocenters. The normalized spacial score (nSPS) is 13.2. The summed E-state index contributed by atoms with van der Waals surface area (Å²) >= 11 is 3.65. The van der Waals surface area contributed by atoms with Gasteiger partial charge in [0.2, 0.25) is 0 Å². The van der Waals surface area contributed by atoms with E-state index in [0.29, 0.717) is 5.92 Å². The highest BCUT2D eigenvalue weighted by Gasteiger charge is 2.29. The van der Waals surface area contributed by atoms with Gasteiger partial charge in [0.05, 0.1) is 0 Å². The molecule has 2 aromatic carbocycles. The van der Waals surface area contributed by atoms with Crippen molar-refractivity contribution in [3.8, 4) is 22.4 Å². The monoisotopic (exact) mass is 373 g/mol. The quantitative estimate of drug-likeness (QED) is 0.428. The van der Waals surface area contributed by atoms with E-state index in [4.69, 9.17) is 0 Å². The fraction of sp³-hybridized carbons (Fsp3) is 0.0909. The Morgan fingerprint density at radius 1 is 0.750 bits per heavy atom. The predicted molar refractivity (Wildman–Crippen MR) is 103 cm³/mol. The first-order chi connectivity index (χ1) is 11.8. The fourth-order valence-corrected chi connectivity index (χ4v) is 4.51. The molecule has 1 heterocycles. The van der Waals surface area contributed by atoms with E-state index in [1.54, 1.807) is 0 Å². The van der Waals surface area contributed by atoms with Crippen molar-refractivity contribution in [2.45, 2.75) is 12.3 Å². The van der Waals surface area contributed by atoms with Gasteiger partial charge in [-0.3, -0.25) is 0 Å². The number of rotatable bonds is 2. The topological polar surface area (TPSA) is 15.8 Å². The van der Waals surface area contributed by atoms with Crippen molar-refractivity contribution in [2.24, 2.45) is 0 Å². The van der Waals surface area contributed by atoms with Gasteiger partial charge in [0, 0.05) is 27.8 Å². The van der Waals surface area contributed by atoms with E-state index in [1.165, 1.54) is 39.1 Å². The van der Waals surface area contributed by atoms with E-state index in [9.17, 15) is 0 Å². The number of fused-ring (bicyclic) bond motifs is 4. The zero-order valence-corrected chi connectivity index (χ0v) is 14.7. The van der Waals surface area contributed by atoms with Crippen molar-refractivity contribution in [3.05, 3.63) is 94.1 Å². The zero-order valence-electron chi connectivity index (χ0n) is 13.1. The molecule has 0 radical (unpaired) electrons. The summed E-state index contributed by atoms with van der Waals surface area (Å²) in [5, 5.41) is 0. The number of benzene rings is 2. The Labute approximate surface area is 149 Å². The SMILES string of the molecule is Brc1cc[nH]c2c(CC3c4ccccc4-c4ccccc43)ccc1-2. The van der Waals surface area contributed by atoms with Gasteiger partial charge in [0.15, 0.2) is 0 Å². The molecule has 2 aliphatic carbocycles. The van der Waals surface area contributed by atoms with Crippen LogP contribution in [0.2, 0.25) is 0 Å². The van der Waals surface area contributed by atoms with Crippen molar-refractivity contribution >= 4 is 15.9 Å². The van der Waals surface area contributed by atoms with Gasteiger partial charge in [-0.25, -0.2) is 0 Å². The fourth-order valence-electron chi connectivity index (χ4n) is 4.05. The lowest BCUT2D eigenvalue weighted by molar-refractivity contribution is 0.828. The second-order valence-corrected chi connectivity index (χ2v) is 7.26. The summed E-state index contributed by atoms with van der Waals surface area (Å²) in [7, 11) is 0. The van der Waals surface area contributed by atoms with Crippen LogP contribution in [0.3, 0.4) is 0 Å². The Morgan fingerprint density at radius 3 is 2.12 bits per heavy atom. The molecule has 1 aliphatic heterocycles. The Hall–Kier alpha value is -2.32. The number of hydrogen-bond acceptors (Lipinski definition) is 0. The van der Waals surface area contributed by atoms with Crippen LogP contribution < -0.4 is 0 Å². The van der Waals surface area contributed by atoms with Gasteiger partial charge in [0.1, 0.15) is 0 Å². The highest BCUT2D eigenvalue weighted by atomic mass is 79.9. The standard InChI is InChI=1S/C22H16BrN/c23-21-11-12-24-22-14(9-10-19(21)22)13-20-17-7-3-1-5-15(17)16-6-2-4-8-18(16)20/h1-12,20,24H,13H2. The van der Waals surface area contributed by atoms with Crippen LogP contribution in [0.15, 0.2) is 77.4 Å². The minimum Gasteiger partial charge on any atom is -0.361 e. The number of nitrogens with one attached hydrogen (secondary N) is 1. The van der Waals surface area contributed by atoms with E-state index < -0.39 is 0 Å². The summed E-state index contributed by atoms with van der Waals surface area (Å²) in [6.07, 6.45) is 3.02. The molecule has 1 N–H and O–H groups in total. The molecule has 0 aromatic heterocycles. The van der Waals surface area contributed by atoms with E-state index in [1.807, 2.05) is 6.20 Å². The molecule has 2 aromatic rings. The molecule has 1 nitrogen and oxygen atoms in total. The Morgan fingerprint density at radius 2 is 1.42 bits per heavy atom. The summed E-state index contributed by atoms with van der Waals surface area (Å²) in [6, 6.07) is 24.2. The Kier molecular flexibility index (Phi) is 3.14. The van der Waals surface area contributed by atoms with Gasteiger partial charge < -0.3 is 4.98 Å². The van der Waals surface area contributed by atoms with Crippen molar-refractivity contribution in [1.82, 2.24) is 4.98 Å². The summed E-state index contributed by atoms with van der Waals surface area (Å²) < 4.78 is 1.15. The number of aromatic nitrogens is 1. The van der Waals surface area contributed by atoms with Crippen LogP contribution in [-0.4, -0.2) is 4.98 Å². The van der Waals surface area contributed by atoms with E-state index in [-0.39, 0.29) is 0 Å². The Balaban J connectivity index is 1.63. The lowest BCUT2D eigenvalue weighted by Crippen LogP contribution is -2.02. The van der Waals surface area contributed by atoms with Crippen molar-refractivity contribution in [2.75, 3.05) is 0 Å². The molecule has 5 rings (SSSR count). The number of hydrogen-bond donors (Lipinski definition) is 1. The van der Waals surface area contributed by atoms with Crippen LogP contribution in [0.4, 0.5) is 0 Å². The maximum absolute atomic E-state index is 3.65. The summed E-state index contributed by atoms with van der Waals surface area (Å²) in [6.45, 7) is 0. The first-order valence-corrected chi connectivity index (χ1v) is 9.05. The number of halogens is 1. The lowest BCUT2D eigenvalue weighted by Gasteiger charge is -2.14. The second kappa shape index (κ2) is 5.35. The first kappa shape index (κ1) is 14.1. The van der Waals surface area contributed by atoms with E-state index in [2.05, 4.69) is 87.6 Å². The second-order valence-electron chi connectivity index (χ2n) is 6.40. The average molecular weight is 374 g/mol. The Bertz CT molecular complexity index is 968. The van der Waals surface area contributed by atoms with Gasteiger partial charge in [-0.05, 0) is 40.3 Å². The number of aromatic amines is 1. The number of pyridine rings is 1. The highest BCUT2D eigenvalue weighted by molar-refractivity contribution is 9.10. The summed E-state index contributed by atoms with van der Waals surface area (Å²) in [5.41, 5.74) is 9.55. The van der Waals surface area contributed by atoms with Crippen LogP contribution in [-0.2, 0) is 6.42 Å². The molecule has 2 heteroatoms. The lowest BCUT2D eigenvalue weighted by atomic mass is 9.90. The molecule has 0 spiro atoms. The van der Waals surface area contributed by atoms with Crippen molar-refractivity contribution in [3.63, 3.8) is 0 Å². The van der Waals surface area contributed by atoms with Crippen LogP contribution >= 0.6 is 15.9 Å². The minimum atomic E-state index is 0.426. The molecule has 0 fully saturated rings. The molecule has 0 saturated carbocycles. The third kappa shape index (κ3) is 1.99. The van der Waals surface area contributed by atoms with Gasteiger partial charge in [-0.2, -0.15) is 0 Å². The predicted octanol–water partition coefficient (Wildman–Crippen LogP) is 6.24. The summed E-state index contributed by atoms with van der Waals surface area (Å²) in [5.74, 6) is 0.426. The van der Waals surface area contributed by atoms with E-state index >= 15 is 0 Å². The third-order valence-electron chi connectivity index (χ3n) is 5.14. The van der Waals surface area contributed by atoms with Gasteiger partial charge in [0.25, 0.3) is 0 Å². The number of H-pyrrole nitrogens is 1. The maximum atomic E-state index is 3.65. The molecule has 116 valence electrons. The first-order valence-electron chi connectivity index (χ1n) is 8.25. The van der Waals surface area contributed by atoms with Gasteiger partial charge in [-0.15, -0.1) is 0 Å². The van der Waals surface area contributed by atoms with E-state index in [0.717, 1.165) is 10.9 Å². The largest absolute Gasteiger partial charge is 0.361 e. The molecule has 0 bridgehead atoms. The van der Waals surface area contributed by atoms with Gasteiger partial charge >= 0.3 is 0 Å². The van der Waals surface area contributed by atoms with Crippen molar-refractivity contribution < 1.29 is 0 Å². The van der Waals surface area contributed by atoms with Crippen LogP contribution in [0.25, 0.3) is 22.4 Å². The molecule has 24 heavy (non-hydrogen) atoms. The average Bonchev–Trinajstić information content (AvgIpc) is 3.17. The minimum absolute atomic E-state index is 0.426. The summed E-state index contributed by atoms with van der Waals surface area (Å²) in [4.78, 5) is 3.43. The molecular weight excluding hydrogens is 358 g/mol. The molecule has 0 saturated heterocycles. The van der Waals surface area contributed by atoms with Crippen LogP contribution in [0, 0.1) is 0 Å². The zero-order chi connectivity index (χ0) is 16.1.